The molecule has 0 saturated heterocycles. The Bertz CT molecular complexity index is 470. The molecule has 1 rings (SSSR count). The number of phenols is 2. The second-order valence-electron chi connectivity index (χ2n) is 4.30. The first-order valence-electron chi connectivity index (χ1n) is 5.65. The number of aromatic hydroxyl groups is 2. The van der Waals surface area contributed by atoms with Gasteiger partial charge in [0.05, 0.1) is 18.7 Å². The van der Waals surface area contributed by atoms with E-state index in [0.717, 1.165) is 0 Å². The van der Waals surface area contributed by atoms with E-state index in [-0.39, 0.29) is 5.56 Å². The van der Waals surface area contributed by atoms with Crippen molar-refractivity contribution >= 4 is 5.97 Å². The van der Waals surface area contributed by atoms with Gasteiger partial charge < -0.3 is 15.3 Å². The smallest absolute Gasteiger partial charge is 0.401 e. The number of nitrogens with zero attached hydrogens (tertiary/aromatic N) is 1. The normalized spacial score (nSPS) is 13.4. The molecule has 0 aliphatic carbocycles. The summed E-state index contributed by atoms with van der Waals surface area (Å²) in [6.45, 7) is -1.05. The molecule has 0 heterocycles. The monoisotopic (exact) mass is 293 g/mol. The first-order valence-corrected chi connectivity index (χ1v) is 5.65. The summed E-state index contributed by atoms with van der Waals surface area (Å²) in [6, 6.07) is 2.62. The summed E-state index contributed by atoms with van der Waals surface area (Å²) >= 11 is 0. The molecule has 0 aliphatic heterocycles. The number of alkyl halides is 3. The molecule has 20 heavy (non-hydrogen) atoms. The number of hydrogen-bond acceptors (Lipinski definition) is 4. The van der Waals surface area contributed by atoms with Crippen molar-refractivity contribution in [3.63, 3.8) is 0 Å². The van der Waals surface area contributed by atoms with Crippen molar-refractivity contribution in [3.05, 3.63) is 23.8 Å². The third-order valence-electron chi connectivity index (χ3n) is 2.75. The Morgan fingerprint density at radius 1 is 1.30 bits per heavy atom. The lowest BCUT2D eigenvalue weighted by Crippen LogP contribution is -2.39. The summed E-state index contributed by atoms with van der Waals surface area (Å²) in [5.41, 5.74) is -0.141. The third kappa shape index (κ3) is 4.30. The first-order chi connectivity index (χ1) is 9.11. The summed E-state index contributed by atoms with van der Waals surface area (Å²) in [6.07, 6.45) is -4.59. The van der Waals surface area contributed by atoms with Gasteiger partial charge in [0, 0.05) is 6.04 Å². The zero-order chi connectivity index (χ0) is 15.5. The van der Waals surface area contributed by atoms with Gasteiger partial charge in [0.2, 0.25) is 0 Å². The van der Waals surface area contributed by atoms with Gasteiger partial charge in [-0.05, 0) is 19.1 Å². The molecule has 0 radical (unpaired) electrons. The van der Waals surface area contributed by atoms with E-state index in [0.29, 0.717) is 4.90 Å². The predicted molar refractivity (Wildman–Crippen MR) is 63.5 cm³/mol. The van der Waals surface area contributed by atoms with E-state index in [1.165, 1.54) is 25.1 Å². The van der Waals surface area contributed by atoms with E-state index in [1.807, 2.05) is 0 Å². The SMILES string of the molecule is CC(c1c(O)cccc1O)N(CC(=O)O)CC(F)(F)F. The van der Waals surface area contributed by atoms with Gasteiger partial charge in [0.1, 0.15) is 11.5 Å². The van der Waals surface area contributed by atoms with Crippen LogP contribution in [0.25, 0.3) is 0 Å². The fourth-order valence-electron chi connectivity index (χ4n) is 1.89. The Kier molecular flexibility index (Phi) is 4.83. The van der Waals surface area contributed by atoms with Crippen LogP contribution in [-0.4, -0.2) is 45.5 Å². The molecule has 1 atom stereocenters. The van der Waals surface area contributed by atoms with Crippen molar-refractivity contribution < 1.29 is 33.3 Å². The molecule has 112 valence electrons. The topological polar surface area (TPSA) is 81.0 Å². The Hall–Kier alpha value is -1.96. The lowest BCUT2D eigenvalue weighted by atomic mass is 10.0. The Morgan fingerprint density at radius 3 is 2.20 bits per heavy atom. The minimum Gasteiger partial charge on any atom is -0.507 e. The Balaban J connectivity index is 3.09. The predicted octanol–water partition coefficient (Wildman–Crippen LogP) is 2.11. The molecular weight excluding hydrogens is 279 g/mol. The summed E-state index contributed by atoms with van der Waals surface area (Å²) in [5, 5.41) is 27.9. The number of carboxylic acid groups (broad SMARTS) is 1. The molecule has 0 fully saturated rings. The van der Waals surface area contributed by atoms with Gasteiger partial charge in [0.15, 0.2) is 0 Å². The number of hydrogen-bond donors (Lipinski definition) is 3. The number of benzene rings is 1. The van der Waals surface area contributed by atoms with Crippen molar-refractivity contribution in [2.24, 2.45) is 0 Å². The molecule has 0 bridgehead atoms. The van der Waals surface area contributed by atoms with Crippen LogP contribution in [0.5, 0.6) is 11.5 Å². The summed E-state index contributed by atoms with van der Waals surface area (Å²) < 4.78 is 37.4. The van der Waals surface area contributed by atoms with E-state index in [4.69, 9.17) is 5.11 Å². The van der Waals surface area contributed by atoms with Gasteiger partial charge in [-0.15, -0.1) is 0 Å². The van der Waals surface area contributed by atoms with Gasteiger partial charge in [-0.2, -0.15) is 13.2 Å². The second-order valence-corrected chi connectivity index (χ2v) is 4.30. The number of halogens is 3. The number of aliphatic carboxylic acids is 1. The number of carboxylic acids is 1. The van der Waals surface area contributed by atoms with Gasteiger partial charge >= 0.3 is 12.1 Å². The van der Waals surface area contributed by atoms with Crippen LogP contribution in [0, 0.1) is 0 Å². The van der Waals surface area contributed by atoms with Gasteiger partial charge in [0.25, 0.3) is 0 Å². The maximum absolute atomic E-state index is 12.5. The largest absolute Gasteiger partial charge is 0.507 e. The highest BCUT2D eigenvalue weighted by Crippen LogP contribution is 2.36. The second kappa shape index (κ2) is 6.00. The number of carbonyl (C=O) groups is 1. The van der Waals surface area contributed by atoms with Crippen LogP contribution in [0.15, 0.2) is 18.2 Å². The molecule has 0 amide bonds. The quantitative estimate of drug-likeness (QED) is 0.774. The van der Waals surface area contributed by atoms with E-state index in [2.05, 4.69) is 0 Å². The molecule has 1 aromatic rings. The van der Waals surface area contributed by atoms with Gasteiger partial charge in [-0.3, -0.25) is 9.69 Å². The minimum absolute atomic E-state index is 0.141. The molecule has 1 aromatic carbocycles. The number of phenolic OH excluding ortho intramolecular Hbond substituents is 2. The summed E-state index contributed by atoms with van der Waals surface area (Å²) in [4.78, 5) is 11.3. The lowest BCUT2D eigenvalue weighted by molar-refractivity contribution is -0.158. The lowest BCUT2D eigenvalue weighted by Gasteiger charge is -2.29. The van der Waals surface area contributed by atoms with Crippen molar-refractivity contribution in [1.29, 1.82) is 0 Å². The van der Waals surface area contributed by atoms with Crippen molar-refractivity contribution in [1.82, 2.24) is 4.90 Å². The highest BCUT2D eigenvalue weighted by molar-refractivity contribution is 5.69. The average molecular weight is 293 g/mol. The molecule has 0 saturated carbocycles. The zero-order valence-electron chi connectivity index (χ0n) is 10.6. The fraction of sp³-hybridized carbons (Fsp3) is 0.417. The van der Waals surface area contributed by atoms with E-state index < -0.39 is 42.8 Å². The van der Waals surface area contributed by atoms with Crippen LogP contribution in [0.2, 0.25) is 0 Å². The standard InChI is InChI=1S/C12H14F3NO4/c1-7(11-8(17)3-2-4-9(11)18)16(5-10(19)20)6-12(13,14)15/h2-4,7,17-18H,5-6H2,1H3,(H,19,20). The highest BCUT2D eigenvalue weighted by atomic mass is 19.4. The zero-order valence-corrected chi connectivity index (χ0v) is 10.6. The summed E-state index contributed by atoms with van der Waals surface area (Å²) in [5.74, 6) is -2.22. The van der Waals surface area contributed by atoms with Crippen LogP contribution in [0.4, 0.5) is 13.2 Å². The highest BCUT2D eigenvalue weighted by Gasteiger charge is 2.35. The number of rotatable bonds is 5. The van der Waals surface area contributed by atoms with Gasteiger partial charge in [-0.25, -0.2) is 0 Å². The molecule has 5 nitrogen and oxygen atoms in total. The van der Waals surface area contributed by atoms with Crippen LogP contribution in [0.3, 0.4) is 0 Å². The fourth-order valence-corrected chi connectivity index (χ4v) is 1.89. The maximum atomic E-state index is 12.5. The molecule has 8 heteroatoms. The van der Waals surface area contributed by atoms with E-state index in [9.17, 15) is 28.2 Å². The van der Waals surface area contributed by atoms with E-state index >= 15 is 0 Å². The average Bonchev–Trinajstić information content (AvgIpc) is 2.25. The molecular formula is C12H14F3NO4. The minimum atomic E-state index is -4.59. The third-order valence-corrected chi connectivity index (χ3v) is 2.75. The first kappa shape index (κ1) is 16.1. The maximum Gasteiger partial charge on any atom is 0.401 e. The van der Waals surface area contributed by atoms with Crippen LogP contribution in [0.1, 0.15) is 18.5 Å². The van der Waals surface area contributed by atoms with Crippen molar-refractivity contribution in [3.8, 4) is 11.5 Å². The van der Waals surface area contributed by atoms with Crippen molar-refractivity contribution in [2.75, 3.05) is 13.1 Å². The van der Waals surface area contributed by atoms with Crippen LogP contribution < -0.4 is 0 Å². The molecule has 1 unspecified atom stereocenters. The Morgan fingerprint density at radius 2 is 1.80 bits per heavy atom. The molecule has 0 aliphatic rings. The summed E-state index contributed by atoms with van der Waals surface area (Å²) in [7, 11) is 0. The van der Waals surface area contributed by atoms with Crippen molar-refractivity contribution in [2.45, 2.75) is 19.1 Å². The van der Waals surface area contributed by atoms with Gasteiger partial charge in [-0.1, -0.05) is 6.07 Å². The van der Waals surface area contributed by atoms with E-state index in [1.54, 1.807) is 0 Å². The molecule has 0 aromatic heterocycles. The molecule has 3 N–H and O–H groups in total. The van der Waals surface area contributed by atoms with Crippen LogP contribution >= 0.6 is 0 Å². The Labute approximate surface area is 112 Å². The molecule has 0 spiro atoms. The van der Waals surface area contributed by atoms with Crippen LogP contribution in [-0.2, 0) is 4.79 Å².